The lowest BCUT2D eigenvalue weighted by Gasteiger charge is -2.35. The normalized spacial score (nSPS) is 14.2. The number of pyridine rings is 1. The highest BCUT2D eigenvalue weighted by atomic mass is 32.1. The second kappa shape index (κ2) is 10.0. The second-order valence-electron chi connectivity index (χ2n) is 8.66. The molecule has 8 nitrogen and oxygen atoms in total. The molecule has 36 heavy (non-hydrogen) atoms. The van der Waals surface area contributed by atoms with Crippen molar-refractivity contribution in [1.29, 1.82) is 5.26 Å². The van der Waals surface area contributed by atoms with Crippen LogP contribution >= 0.6 is 11.3 Å². The van der Waals surface area contributed by atoms with E-state index in [9.17, 15) is 14.4 Å². The molecule has 0 saturated carbocycles. The van der Waals surface area contributed by atoms with Gasteiger partial charge < -0.3 is 14.6 Å². The monoisotopic (exact) mass is 503 g/mol. The van der Waals surface area contributed by atoms with Gasteiger partial charge in [0.1, 0.15) is 40.2 Å². The van der Waals surface area contributed by atoms with Crippen LogP contribution in [0.2, 0.25) is 0 Å². The first kappa shape index (κ1) is 23.9. The molecular formula is C26H26FN7OS. The van der Waals surface area contributed by atoms with Gasteiger partial charge in [0.2, 0.25) is 0 Å². The number of rotatable bonds is 7. The maximum atomic E-state index is 13.4. The quantitative estimate of drug-likeness (QED) is 0.351. The number of thiazole rings is 1. The van der Waals surface area contributed by atoms with E-state index in [1.54, 1.807) is 12.1 Å². The number of aromatic nitrogens is 3. The molecule has 1 aliphatic rings. The molecule has 0 amide bonds. The molecule has 10 heteroatoms. The summed E-state index contributed by atoms with van der Waals surface area (Å²) in [6.45, 7) is 5.92. The summed E-state index contributed by atoms with van der Waals surface area (Å²) >= 11 is 1.30. The molecule has 0 unspecified atom stereocenters. The molecule has 1 fully saturated rings. The van der Waals surface area contributed by atoms with Gasteiger partial charge in [-0.1, -0.05) is 18.3 Å². The fourth-order valence-electron chi connectivity index (χ4n) is 4.57. The topological polar surface area (TPSA) is 80.8 Å². The zero-order chi connectivity index (χ0) is 25.2. The van der Waals surface area contributed by atoms with Crippen LogP contribution in [0.3, 0.4) is 0 Å². The molecule has 1 aliphatic heterocycles. The number of halogens is 1. The summed E-state index contributed by atoms with van der Waals surface area (Å²) in [7, 11) is 1.93. The van der Waals surface area contributed by atoms with Crippen LogP contribution in [0.5, 0.6) is 0 Å². The minimum atomic E-state index is -0.330. The Balaban J connectivity index is 1.51. The van der Waals surface area contributed by atoms with E-state index in [4.69, 9.17) is 9.97 Å². The van der Waals surface area contributed by atoms with Gasteiger partial charge in [0.25, 0.3) is 0 Å². The predicted molar refractivity (Wildman–Crippen MR) is 140 cm³/mol. The lowest BCUT2D eigenvalue weighted by Crippen LogP contribution is -2.46. The average molecular weight is 504 g/mol. The maximum absolute atomic E-state index is 13.4. The number of imidazole rings is 1. The van der Waals surface area contributed by atoms with Crippen LogP contribution in [0.25, 0.3) is 16.9 Å². The molecule has 0 aliphatic carbocycles. The number of piperazine rings is 1. The van der Waals surface area contributed by atoms with Crippen LogP contribution in [0.15, 0.2) is 42.6 Å². The fraction of sp³-hybridized carbons (Fsp3) is 0.308. The number of benzene rings is 1. The van der Waals surface area contributed by atoms with Crippen molar-refractivity contribution in [2.24, 2.45) is 0 Å². The lowest BCUT2D eigenvalue weighted by molar-refractivity contribution is -0.108. The van der Waals surface area contributed by atoms with E-state index in [0.717, 1.165) is 61.7 Å². The molecule has 1 saturated heterocycles. The summed E-state index contributed by atoms with van der Waals surface area (Å²) in [6, 6.07) is 12.4. The zero-order valence-electron chi connectivity index (χ0n) is 20.2. The molecule has 3 aromatic heterocycles. The Morgan fingerprint density at radius 3 is 2.56 bits per heavy atom. The van der Waals surface area contributed by atoms with E-state index in [1.807, 2.05) is 18.0 Å². The molecule has 5 rings (SSSR count). The smallest absolute Gasteiger partial charge is 0.192 e. The van der Waals surface area contributed by atoms with Crippen LogP contribution in [0.4, 0.5) is 21.0 Å². The van der Waals surface area contributed by atoms with Crippen LogP contribution < -0.4 is 9.80 Å². The maximum Gasteiger partial charge on any atom is 0.192 e. The number of fused-ring (bicyclic) bond motifs is 1. The number of hydrogen-bond donors (Lipinski definition) is 0. The molecular weight excluding hydrogens is 477 g/mol. The number of carbonyl (C=O) groups excluding carboxylic acids is 1. The highest BCUT2D eigenvalue weighted by Crippen LogP contribution is 2.37. The minimum Gasteiger partial charge on any atom is -0.368 e. The van der Waals surface area contributed by atoms with Crippen molar-refractivity contribution < 1.29 is 9.18 Å². The second-order valence-corrected chi connectivity index (χ2v) is 9.63. The Labute approximate surface area is 212 Å². The Morgan fingerprint density at radius 2 is 1.89 bits per heavy atom. The molecule has 184 valence electrons. The van der Waals surface area contributed by atoms with Gasteiger partial charge in [-0.05, 0) is 42.8 Å². The predicted octanol–water partition coefficient (Wildman–Crippen LogP) is 4.12. The van der Waals surface area contributed by atoms with Crippen LogP contribution in [0, 0.1) is 17.1 Å². The van der Waals surface area contributed by atoms with Crippen molar-refractivity contribution in [1.82, 2.24) is 19.3 Å². The number of nitrogens with zero attached hydrogens (tertiary/aromatic N) is 7. The summed E-state index contributed by atoms with van der Waals surface area (Å²) in [6.07, 6.45) is 3.80. The van der Waals surface area contributed by atoms with Crippen LogP contribution in [-0.2, 0) is 11.2 Å². The molecule has 0 bridgehead atoms. The van der Waals surface area contributed by atoms with Gasteiger partial charge in [0, 0.05) is 45.0 Å². The Morgan fingerprint density at radius 1 is 1.14 bits per heavy atom. The van der Waals surface area contributed by atoms with Gasteiger partial charge in [0.15, 0.2) is 5.13 Å². The van der Waals surface area contributed by atoms with E-state index >= 15 is 0 Å². The third kappa shape index (κ3) is 4.43. The van der Waals surface area contributed by atoms with Gasteiger partial charge in [0.05, 0.1) is 17.9 Å². The number of carbonyl (C=O) groups is 1. The third-order valence-corrected chi connectivity index (χ3v) is 7.53. The van der Waals surface area contributed by atoms with E-state index in [1.165, 1.54) is 23.5 Å². The number of nitriles is 1. The van der Waals surface area contributed by atoms with Crippen LogP contribution in [-0.4, -0.2) is 65.3 Å². The van der Waals surface area contributed by atoms with Gasteiger partial charge in [-0.25, -0.2) is 14.4 Å². The molecule has 0 spiro atoms. The van der Waals surface area contributed by atoms with Crippen molar-refractivity contribution in [2.45, 2.75) is 13.3 Å². The fourth-order valence-corrected chi connectivity index (χ4v) is 5.41. The van der Waals surface area contributed by atoms with Gasteiger partial charge in [-0.2, -0.15) is 5.26 Å². The van der Waals surface area contributed by atoms with E-state index in [0.29, 0.717) is 27.8 Å². The minimum absolute atomic E-state index is 0.330. The SMILES string of the molecule is CCc1nc2ccc(N3CCN(CC=O)CC3)cn2c1N(C)c1nc(-c2ccc(F)cc2)c(C#N)s1. The Hall–Kier alpha value is -3.81. The van der Waals surface area contributed by atoms with Crippen molar-refractivity contribution >= 4 is 39.9 Å². The molecule has 4 aromatic rings. The van der Waals surface area contributed by atoms with Crippen molar-refractivity contribution in [3.8, 4) is 17.3 Å². The van der Waals surface area contributed by atoms with Gasteiger partial charge in [-0.3, -0.25) is 9.30 Å². The number of aryl methyl sites for hydroxylation is 1. The molecule has 0 radical (unpaired) electrons. The Kier molecular flexibility index (Phi) is 6.67. The standard InChI is InChI=1S/C26H26FN7OS/c1-3-21-25(31(2)26-30-24(22(16-28)36-26)18-4-6-19(27)7-5-18)34-17-20(8-9-23(34)29-21)33-12-10-32(11-13-33)14-15-35/h4-9,15,17H,3,10-14H2,1-2H3. The Bertz CT molecular complexity index is 1430. The summed E-state index contributed by atoms with van der Waals surface area (Å²) in [4.78, 5) is 27.4. The van der Waals surface area contributed by atoms with Crippen molar-refractivity contribution in [2.75, 3.05) is 49.6 Å². The van der Waals surface area contributed by atoms with Crippen LogP contribution in [0.1, 0.15) is 17.5 Å². The van der Waals surface area contributed by atoms with Crippen molar-refractivity contribution in [3.05, 3.63) is 59.0 Å². The highest BCUT2D eigenvalue weighted by molar-refractivity contribution is 7.16. The third-order valence-electron chi connectivity index (χ3n) is 6.49. The lowest BCUT2D eigenvalue weighted by atomic mass is 10.1. The number of anilines is 3. The van der Waals surface area contributed by atoms with E-state index < -0.39 is 0 Å². The summed E-state index contributed by atoms with van der Waals surface area (Å²) < 4.78 is 15.5. The number of hydrogen-bond acceptors (Lipinski definition) is 8. The van der Waals surface area contributed by atoms with Gasteiger partial charge >= 0.3 is 0 Å². The van der Waals surface area contributed by atoms with E-state index in [-0.39, 0.29) is 5.82 Å². The first-order chi connectivity index (χ1) is 17.5. The van der Waals surface area contributed by atoms with E-state index in [2.05, 4.69) is 39.5 Å². The first-order valence-electron chi connectivity index (χ1n) is 11.8. The molecule has 0 N–H and O–H groups in total. The zero-order valence-corrected chi connectivity index (χ0v) is 21.0. The number of aldehydes is 1. The average Bonchev–Trinajstić information content (AvgIpc) is 3.50. The molecule has 0 atom stereocenters. The largest absolute Gasteiger partial charge is 0.368 e. The van der Waals surface area contributed by atoms with Crippen molar-refractivity contribution in [3.63, 3.8) is 0 Å². The molecule has 4 heterocycles. The first-order valence-corrected chi connectivity index (χ1v) is 12.7. The summed E-state index contributed by atoms with van der Waals surface area (Å²) in [5.41, 5.74) is 4.11. The summed E-state index contributed by atoms with van der Waals surface area (Å²) in [5, 5.41) is 10.4. The molecule has 1 aromatic carbocycles. The van der Waals surface area contributed by atoms with Gasteiger partial charge in [-0.15, -0.1) is 0 Å². The highest BCUT2D eigenvalue weighted by Gasteiger charge is 2.23. The summed E-state index contributed by atoms with van der Waals surface area (Å²) in [5.74, 6) is 0.571.